The van der Waals surface area contributed by atoms with Crippen LogP contribution in [0.15, 0.2) is 89.9 Å². The van der Waals surface area contributed by atoms with Gasteiger partial charge in [0.25, 0.3) is 5.56 Å². The fourth-order valence-corrected chi connectivity index (χ4v) is 3.79. The van der Waals surface area contributed by atoms with Crippen molar-refractivity contribution in [3.63, 3.8) is 0 Å². The number of nitrogens with zero attached hydrogens (tertiary/aromatic N) is 3. The van der Waals surface area contributed by atoms with Gasteiger partial charge in [-0.3, -0.25) is 9.59 Å². The molecule has 0 aliphatic heterocycles. The van der Waals surface area contributed by atoms with Crippen LogP contribution in [0.4, 0.5) is 5.82 Å². The third-order valence-electron chi connectivity index (χ3n) is 5.94. The molecule has 0 bridgehead atoms. The van der Waals surface area contributed by atoms with E-state index in [1.807, 2.05) is 36.4 Å². The Morgan fingerprint density at radius 2 is 1.69 bits per heavy atom. The average Bonchev–Trinajstić information content (AvgIpc) is 2.87. The van der Waals surface area contributed by atoms with Crippen LogP contribution in [0, 0.1) is 6.92 Å². The number of hydrogen-bond acceptors (Lipinski definition) is 5. The second-order valence-corrected chi connectivity index (χ2v) is 8.67. The van der Waals surface area contributed by atoms with Crippen molar-refractivity contribution in [2.45, 2.75) is 25.8 Å². The summed E-state index contributed by atoms with van der Waals surface area (Å²) in [7, 11) is 1.60. The van der Waals surface area contributed by atoms with E-state index in [1.165, 1.54) is 21.9 Å². The Labute approximate surface area is 204 Å². The summed E-state index contributed by atoms with van der Waals surface area (Å²) in [6, 6.07) is 24.3. The highest BCUT2D eigenvalue weighted by Crippen LogP contribution is 2.21. The minimum absolute atomic E-state index is 0.179. The fourth-order valence-electron chi connectivity index (χ4n) is 3.79. The third kappa shape index (κ3) is 6.07. The quantitative estimate of drug-likeness (QED) is 0.405. The Morgan fingerprint density at radius 1 is 0.943 bits per heavy atom. The molecule has 7 nitrogen and oxygen atoms in total. The zero-order valence-electron chi connectivity index (χ0n) is 20.1. The molecule has 35 heavy (non-hydrogen) atoms. The molecule has 2 aromatic heterocycles. The van der Waals surface area contributed by atoms with Crippen LogP contribution < -0.4 is 16.2 Å². The highest BCUT2D eigenvalue weighted by molar-refractivity contribution is 5.94. The van der Waals surface area contributed by atoms with Gasteiger partial charge in [-0.05, 0) is 42.2 Å². The molecular formula is C28H29N5O2. The van der Waals surface area contributed by atoms with Gasteiger partial charge in [0.1, 0.15) is 11.9 Å². The summed E-state index contributed by atoms with van der Waals surface area (Å²) in [5.41, 5.74) is 4.53. The molecule has 0 unspecified atom stereocenters. The molecule has 4 aromatic rings. The number of aromatic nitrogens is 3. The molecule has 0 radical (unpaired) electrons. The summed E-state index contributed by atoms with van der Waals surface area (Å²) < 4.78 is 1.28. The van der Waals surface area contributed by atoms with E-state index in [-0.39, 0.29) is 17.4 Å². The summed E-state index contributed by atoms with van der Waals surface area (Å²) in [6.07, 6.45) is 1.63. The summed E-state index contributed by atoms with van der Waals surface area (Å²) in [5.74, 6) is 0.493. The van der Waals surface area contributed by atoms with Crippen molar-refractivity contribution >= 4 is 11.7 Å². The van der Waals surface area contributed by atoms with Crippen LogP contribution in [0.2, 0.25) is 0 Å². The molecule has 2 N–H and O–H groups in total. The van der Waals surface area contributed by atoms with Crippen LogP contribution in [0.25, 0.3) is 11.3 Å². The van der Waals surface area contributed by atoms with Gasteiger partial charge < -0.3 is 10.6 Å². The second kappa shape index (κ2) is 10.9. The zero-order chi connectivity index (χ0) is 24.8. The van der Waals surface area contributed by atoms with Gasteiger partial charge in [0, 0.05) is 31.4 Å². The molecule has 0 aliphatic carbocycles. The van der Waals surface area contributed by atoms with Crippen molar-refractivity contribution in [1.82, 2.24) is 20.1 Å². The van der Waals surface area contributed by atoms with E-state index in [0.717, 1.165) is 11.1 Å². The topological polar surface area (TPSA) is 88.9 Å². The van der Waals surface area contributed by atoms with Crippen LogP contribution in [-0.2, 0) is 11.8 Å². The monoisotopic (exact) mass is 467 g/mol. The Kier molecular flexibility index (Phi) is 7.48. The van der Waals surface area contributed by atoms with Crippen molar-refractivity contribution in [3.8, 4) is 11.3 Å². The summed E-state index contributed by atoms with van der Waals surface area (Å²) in [4.78, 5) is 29.2. The number of amides is 1. The maximum atomic E-state index is 13.3. The van der Waals surface area contributed by atoms with Gasteiger partial charge in [-0.1, -0.05) is 67.1 Å². The van der Waals surface area contributed by atoms with Gasteiger partial charge in [-0.2, -0.15) is 5.10 Å². The molecule has 2 aromatic carbocycles. The number of carbonyl (C=O) groups excluding carboxylic acids is 1. The van der Waals surface area contributed by atoms with Gasteiger partial charge in [0.05, 0.1) is 5.69 Å². The van der Waals surface area contributed by atoms with E-state index >= 15 is 0 Å². The number of benzene rings is 2. The molecule has 0 fully saturated rings. The number of rotatable bonds is 8. The van der Waals surface area contributed by atoms with E-state index in [2.05, 4.69) is 58.8 Å². The first-order valence-electron chi connectivity index (χ1n) is 11.6. The van der Waals surface area contributed by atoms with E-state index < -0.39 is 6.04 Å². The summed E-state index contributed by atoms with van der Waals surface area (Å²) in [5, 5.41) is 10.6. The van der Waals surface area contributed by atoms with E-state index in [1.54, 1.807) is 25.4 Å². The highest BCUT2D eigenvalue weighted by Gasteiger charge is 2.21. The molecule has 0 aliphatic rings. The Balaban J connectivity index is 1.47. The molecule has 0 saturated carbocycles. The molecule has 0 spiro atoms. The number of carbonyl (C=O) groups is 1. The van der Waals surface area contributed by atoms with Crippen molar-refractivity contribution in [2.24, 2.45) is 7.05 Å². The highest BCUT2D eigenvalue weighted by atomic mass is 16.2. The largest absolute Gasteiger partial charge is 0.309 e. The first-order chi connectivity index (χ1) is 16.9. The SMILES string of the molecule is Cc1ccc([C@H](C)CN[C@@H](C(=O)Nc2ccc(-c3ccc(=O)n(C)n3)cn2)c2ccccc2)cc1. The smallest absolute Gasteiger partial charge is 0.266 e. The normalized spacial score (nSPS) is 12.7. The lowest BCUT2D eigenvalue weighted by molar-refractivity contribution is -0.118. The van der Waals surface area contributed by atoms with Crippen LogP contribution in [0.1, 0.15) is 35.6 Å². The van der Waals surface area contributed by atoms with Crippen LogP contribution >= 0.6 is 0 Å². The first-order valence-corrected chi connectivity index (χ1v) is 11.6. The van der Waals surface area contributed by atoms with Crippen LogP contribution in [0.3, 0.4) is 0 Å². The van der Waals surface area contributed by atoms with Crippen molar-refractivity contribution in [2.75, 3.05) is 11.9 Å². The summed E-state index contributed by atoms with van der Waals surface area (Å²) >= 11 is 0. The van der Waals surface area contributed by atoms with E-state index in [0.29, 0.717) is 18.1 Å². The third-order valence-corrected chi connectivity index (χ3v) is 5.94. The maximum Gasteiger partial charge on any atom is 0.266 e. The second-order valence-electron chi connectivity index (χ2n) is 8.67. The molecule has 1 amide bonds. The van der Waals surface area contributed by atoms with Gasteiger partial charge >= 0.3 is 0 Å². The molecule has 2 atom stereocenters. The van der Waals surface area contributed by atoms with Crippen molar-refractivity contribution < 1.29 is 4.79 Å². The first kappa shape index (κ1) is 24.0. The Hall–Kier alpha value is -4.10. The predicted molar refractivity (Wildman–Crippen MR) is 138 cm³/mol. The average molecular weight is 468 g/mol. The van der Waals surface area contributed by atoms with Crippen LogP contribution in [0.5, 0.6) is 0 Å². The Morgan fingerprint density at radius 3 is 2.34 bits per heavy atom. The predicted octanol–water partition coefficient (Wildman–Crippen LogP) is 4.22. The summed E-state index contributed by atoms with van der Waals surface area (Å²) in [6.45, 7) is 4.86. The molecule has 0 saturated heterocycles. The molecule has 178 valence electrons. The van der Waals surface area contributed by atoms with Crippen LogP contribution in [-0.4, -0.2) is 27.2 Å². The number of aryl methyl sites for hydroxylation is 2. The minimum atomic E-state index is -0.532. The van der Waals surface area contributed by atoms with E-state index in [4.69, 9.17) is 0 Å². The zero-order valence-corrected chi connectivity index (χ0v) is 20.1. The lowest BCUT2D eigenvalue weighted by atomic mass is 9.98. The number of nitrogens with one attached hydrogen (secondary N) is 2. The number of hydrogen-bond donors (Lipinski definition) is 2. The van der Waals surface area contributed by atoms with Gasteiger partial charge in [-0.15, -0.1) is 0 Å². The standard InChI is InChI=1S/C28H29N5O2/c1-19-9-11-21(12-10-19)20(2)17-30-27(22-7-5-4-6-8-22)28(35)31-25-15-13-23(18-29-25)24-14-16-26(34)33(3)32-24/h4-16,18,20,27,30H,17H2,1-3H3,(H,29,31,35)/t20-,27-/m1/s1. The lowest BCUT2D eigenvalue weighted by Crippen LogP contribution is -2.35. The number of pyridine rings is 1. The Bertz CT molecular complexity index is 1330. The molecule has 7 heteroatoms. The molecule has 2 heterocycles. The number of anilines is 1. The van der Waals surface area contributed by atoms with Crippen molar-refractivity contribution in [3.05, 3.63) is 112 Å². The van der Waals surface area contributed by atoms with Gasteiger partial charge in [0.15, 0.2) is 0 Å². The van der Waals surface area contributed by atoms with Crippen molar-refractivity contribution in [1.29, 1.82) is 0 Å². The lowest BCUT2D eigenvalue weighted by Gasteiger charge is -2.21. The van der Waals surface area contributed by atoms with E-state index in [9.17, 15) is 9.59 Å². The van der Waals surface area contributed by atoms with Gasteiger partial charge in [0.2, 0.25) is 5.91 Å². The molecule has 4 rings (SSSR count). The minimum Gasteiger partial charge on any atom is -0.309 e. The molecular weight excluding hydrogens is 438 g/mol. The maximum absolute atomic E-state index is 13.3. The fraction of sp³-hybridized carbons (Fsp3) is 0.214. The van der Waals surface area contributed by atoms with Gasteiger partial charge in [-0.25, -0.2) is 9.67 Å².